The molecule has 0 radical (unpaired) electrons. The van der Waals surface area contributed by atoms with Gasteiger partial charge in [-0.05, 0) is 17.5 Å². The second-order valence-corrected chi connectivity index (χ2v) is 5.39. The summed E-state index contributed by atoms with van der Waals surface area (Å²) in [5.41, 5.74) is 0.745. The predicted octanol–water partition coefficient (Wildman–Crippen LogP) is 3.20. The van der Waals surface area contributed by atoms with Gasteiger partial charge in [-0.2, -0.15) is 5.26 Å². The van der Waals surface area contributed by atoms with E-state index in [1.807, 2.05) is 42.1 Å². The summed E-state index contributed by atoms with van der Waals surface area (Å²) in [6.07, 6.45) is 0. The summed E-state index contributed by atoms with van der Waals surface area (Å²) in [6, 6.07) is 14.3. The zero-order chi connectivity index (χ0) is 11.7. The lowest BCUT2D eigenvalue weighted by molar-refractivity contribution is 0.0455. The van der Waals surface area contributed by atoms with Crippen LogP contribution in [0.1, 0.15) is 5.56 Å². The summed E-state index contributed by atoms with van der Waals surface area (Å²) in [5, 5.41) is 11.9. The molecule has 17 heavy (non-hydrogen) atoms. The van der Waals surface area contributed by atoms with Crippen LogP contribution < -0.4 is 0 Å². The molecule has 3 rings (SSSR count). The fraction of sp³-hybridized carbons (Fsp3) is 0.214. The van der Waals surface area contributed by atoms with Crippen LogP contribution in [0, 0.1) is 11.3 Å². The van der Waals surface area contributed by atoms with Crippen LogP contribution in [0.4, 0.5) is 0 Å². The van der Waals surface area contributed by atoms with Gasteiger partial charge in [0.15, 0.2) is 0 Å². The number of ether oxygens (including phenoxy) is 1. The molecule has 0 spiro atoms. The van der Waals surface area contributed by atoms with E-state index in [1.165, 1.54) is 10.3 Å². The molecule has 0 amide bonds. The molecule has 2 nitrogen and oxygen atoms in total. The lowest BCUT2D eigenvalue weighted by Crippen LogP contribution is -2.30. The second-order valence-electron chi connectivity index (χ2n) is 4.05. The van der Waals surface area contributed by atoms with E-state index in [0.717, 1.165) is 24.2 Å². The highest BCUT2D eigenvalue weighted by Crippen LogP contribution is 2.34. The van der Waals surface area contributed by atoms with E-state index in [0.29, 0.717) is 5.25 Å². The Bertz CT molecular complexity index is 599. The molecular weight excluding hydrogens is 230 g/mol. The van der Waals surface area contributed by atoms with Gasteiger partial charge in [-0.15, -0.1) is 11.8 Å². The van der Waals surface area contributed by atoms with Crippen molar-refractivity contribution in [2.75, 3.05) is 13.2 Å². The van der Waals surface area contributed by atoms with E-state index >= 15 is 0 Å². The molecule has 2 aromatic rings. The van der Waals surface area contributed by atoms with Crippen LogP contribution in [0.5, 0.6) is 0 Å². The molecule has 0 aromatic heterocycles. The third-order valence-corrected chi connectivity index (χ3v) is 4.12. The number of thioether (sulfide) groups is 1. The van der Waals surface area contributed by atoms with Crippen molar-refractivity contribution in [3.8, 4) is 6.07 Å². The number of nitriles is 1. The Morgan fingerprint density at radius 3 is 2.53 bits per heavy atom. The van der Waals surface area contributed by atoms with Crippen molar-refractivity contribution in [2.45, 2.75) is 10.1 Å². The molecule has 0 atom stereocenters. The van der Waals surface area contributed by atoms with Gasteiger partial charge in [-0.25, -0.2) is 0 Å². The Balaban J connectivity index is 2.09. The number of benzene rings is 2. The van der Waals surface area contributed by atoms with Gasteiger partial charge < -0.3 is 4.74 Å². The maximum absolute atomic E-state index is 9.09. The van der Waals surface area contributed by atoms with Gasteiger partial charge >= 0.3 is 0 Å². The van der Waals surface area contributed by atoms with Crippen molar-refractivity contribution in [3.63, 3.8) is 0 Å². The summed E-state index contributed by atoms with van der Waals surface area (Å²) in [5.74, 6) is 0. The zero-order valence-electron chi connectivity index (χ0n) is 9.22. The summed E-state index contributed by atoms with van der Waals surface area (Å²) >= 11 is 1.84. The van der Waals surface area contributed by atoms with Crippen molar-refractivity contribution in [2.24, 2.45) is 0 Å². The minimum atomic E-state index is 0.561. The minimum Gasteiger partial charge on any atom is -0.379 e. The first-order chi connectivity index (χ1) is 8.38. The summed E-state index contributed by atoms with van der Waals surface area (Å²) in [7, 11) is 0. The van der Waals surface area contributed by atoms with E-state index in [2.05, 4.69) is 12.1 Å². The summed E-state index contributed by atoms with van der Waals surface area (Å²) < 4.78 is 5.19. The maximum Gasteiger partial charge on any atom is 0.0998 e. The standard InChI is InChI=1S/C14H11NOS/c15-7-10-5-6-14(17-11-8-16-9-11)13-4-2-1-3-12(10)13/h1-6,11H,8-9H2. The van der Waals surface area contributed by atoms with Crippen LogP contribution in [-0.2, 0) is 4.74 Å². The zero-order valence-corrected chi connectivity index (χ0v) is 10.0. The molecule has 1 fully saturated rings. The number of hydrogen-bond acceptors (Lipinski definition) is 3. The van der Waals surface area contributed by atoms with Crippen LogP contribution in [0.15, 0.2) is 41.3 Å². The smallest absolute Gasteiger partial charge is 0.0998 e. The Hall–Kier alpha value is -1.50. The van der Waals surface area contributed by atoms with Crippen molar-refractivity contribution >= 4 is 22.5 Å². The van der Waals surface area contributed by atoms with Gasteiger partial charge in [0.25, 0.3) is 0 Å². The van der Waals surface area contributed by atoms with E-state index in [9.17, 15) is 0 Å². The van der Waals surface area contributed by atoms with Crippen molar-refractivity contribution in [1.82, 2.24) is 0 Å². The van der Waals surface area contributed by atoms with Crippen LogP contribution in [0.2, 0.25) is 0 Å². The third kappa shape index (κ3) is 1.90. The van der Waals surface area contributed by atoms with E-state index in [1.54, 1.807) is 0 Å². The van der Waals surface area contributed by atoms with Crippen molar-refractivity contribution in [1.29, 1.82) is 5.26 Å². The summed E-state index contributed by atoms with van der Waals surface area (Å²) in [4.78, 5) is 1.24. The van der Waals surface area contributed by atoms with Gasteiger partial charge in [-0.3, -0.25) is 0 Å². The lowest BCUT2D eigenvalue weighted by atomic mass is 10.1. The Labute approximate surface area is 104 Å². The number of hydrogen-bond donors (Lipinski definition) is 0. The molecule has 0 N–H and O–H groups in total. The maximum atomic E-state index is 9.09. The number of fused-ring (bicyclic) bond motifs is 1. The minimum absolute atomic E-state index is 0.561. The topological polar surface area (TPSA) is 33.0 Å². The van der Waals surface area contributed by atoms with E-state index < -0.39 is 0 Å². The highest BCUT2D eigenvalue weighted by molar-refractivity contribution is 8.00. The largest absolute Gasteiger partial charge is 0.379 e. The van der Waals surface area contributed by atoms with Gasteiger partial charge in [-0.1, -0.05) is 24.3 Å². The molecule has 3 heteroatoms. The van der Waals surface area contributed by atoms with Crippen molar-refractivity contribution < 1.29 is 4.74 Å². The normalized spacial score (nSPS) is 15.5. The van der Waals surface area contributed by atoms with Gasteiger partial charge in [0, 0.05) is 10.3 Å². The van der Waals surface area contributed by atoms with Crippen LogP contribution in [0.3, 0.4) is 0 Å². The Kier molecular flexibility index (Phi) is 2.76. The molecule has 1 aliphatic rings. The quantitative estimate of drug-likeness (QED) is 0.809. The molecule has 0 saturated carbocycles. The first-order valence-electron chi connectivity index (χ1n) is 5.55. The van der Waals surface area contributed by atoms with Crippen LogP contribution in [0.25, 0.3) is 10.8 Å². The first-order valence-corrected chi connectivity index (χ1v) is 6.42. The average molecular weight is 241 g/mol. The third-order valence-electron chi connectivity index (χ3n) is 2.91. The molecule has 0 aliphatic carbocycles. The molecule has 1 saturated heterocycles. The molecular formula is C14H11NOS. The van der Waals surface area contributed by atoms with Crippen LogP contribution >= 0.6 is 11.8 Å². The molecule has 2 aromatic carbocycles. The predicted molar refractivity (Wildman–Crippen MR) is 69.1 cm³/mol. The molecule has 1 heterocycles. The van der Waals surface area contributed by atoms with E-state index in [-0.39, 0.29) is 0 Å². The monoisotopic (exact) mass is 241 g/mol. The van der Waals surface area contributed by atoms with Crippen LogP contribution in [-0.4, -0.2) is 18.5 Å². The van der Waals surface area contributed by atoms with Gasteiger partial charge in [0.1, 0.15) is 0 Å². The number of rotatable bonds is 2. The Morgan fingerprint density at radius 1 is 1.12 bits per heavy atom. The SMILES string of the molecule is N#Cc1ccc(SC2COC2)c2ccccc12. The Morgan fingerprint density at radius 2 is 1.88 bits per heavy atom. The second kappa shape index (κ2) is 4.40. The summed E-state index contributed by atoms with van der Waals surface area (Å²) in [6.45, 7) is 1.66. The van der Waals surface area contributed by atoms with Gasteiger partial charge in [0.2, 0.25) is 0 Å². The molecule has 84 valence electrons. The first kappa shape index (κ1) is 10.6. The number of nitrogens with zero attached hydrogens (tertiary/aromatic N) is 1. The average Bonchev–Trinajstić information content (AvgIpc) is 2.33. The highest BCUT2D eigenvalue weighted by Gasteiger charge is 2.20. The van der Waals surface area contributed by atoms with E-state index in [4.69, 9.17) is 10.00 Å². The lowest BCUT2D eigenvalue weighted by Gasteiger charge is -2.25. The molecule has 1 aliphatic heterocycles. The van der Waals surface area contributed by atoms with Crippen molar-refractivity contribution in [3.05, 3.63) is 42.0 Å². The molecule has 0 bridgehead atoms. The fourth-order valence-electron chi connectivity index (χ4n) is 1.93. The van der Waals surface area contributed by atoms with Gasteiger partial charge in [0.05, 0.1) is 30.1 Å². The molecule has 0 unspecified atom stereocenters. The fourth-order valence-corrected chi connectivity index (χ4v) is 3.07. The highest BCUT2D eigenvalue weighted by atomic mass is 32.2.